The average molecular weight is 242 g/mol. The summed E-state index contributed by atoms with van der Waals surface area (Å²) in [4.78, 5) is 0. The van der Waals surface area contributed by atoms with E-state index in [0.29, 0.717) is 5.02 Å². The van der Waals surface area contributed by atoms with Crippen LogP contribution in [0.2, 0.25) is 5.02 Å². The molecule has 1 aliphatic rings. The van der Waals surface area contributed by atoms with E-state index in [1.54, 1.807) is 13.2 Å². The molecule has 0 bridgehead atoms. The van der Waals surface area contributed by atoms with Gasteiger partial charge in [0, 0.05) is 16.5 Å². The van der Waals surface area contributed by atoms with Gasteiger partial charge in [-0.1, -0.05) is 17.7 Å². The van der Waals surface area contributed by atoms with Crippen molar-refractivity contribution < 1.29 is 9.84 Å². The van der Waals surface area contributed by atoms with E-state index in [1.165, 1.54) is 0 Å². The molecule has 0 heterocycles. The van der Waals surface area contributed by atoms with Crippen molar-refractivity contribution in [2.75, 3.05) is 13.7 Å². The summed E-state index contributed by atoms with van der Waals surface area (Å²) in [5, 5.41) is 9.94. The Bertz CT molecular complexity index is 391. The van der Waals surface area contributed by atoms with Gasteiger partial charge in [-0.15, -0.1) is 0 Å². The van der Waals surface area contributed by atoms with Crippen LogP contribution in [-0.4, -0.2) is 18.8 Å². The van der Waals surface area contributed by atoms with Crippen molar-refractivity contribution in [3.05, 3.63) is 28.8 Å². The second-order valence-electron chi connectivity index (χ2n) is 4.39. The molecule has 0 spiro atoms. The van der Waals surface area contributed by atoms with Crippen molar-refractivity contribution in [2.24, 2.45) is 11.1 Å². The normalized spacial score (nSPS) is 19.2. The summed E-state index contributed by atoms with van der Waals surface area (Å²) in [6.07, 6.45) is 1.93. The first-order valence-corrected chi connectivity index (χ1v) is 5.70. The fraction of sp³-hybridized carbons (Fsp3) is 0.500. The van der Waals surface area contributed by atoms with E-state index in [-0.39, 0.29) is 18.1 Å². The minimum atomic E-state index is -0.198. The summed E-state index contributed by atoms with van der Waals surface area (Å²) < 4.78 is 5.08. The first kappa shape index (κ1) is 11.7. The fourth-order valence-electron chi connectivity index (χ4n) is 1.94. The number of methoxy groups -OCH3 is 1. The molecule has 1 fully saturated rings. The van der Waals surface area contributed by atoms with Crippen LogP contribution in [0.25, 0.3) is 0 Å². The molecule has 1 saturated carbocycles. The predicted molar refractivity (Wildman–Crippen MR) is 63.7 cm³/mol. The van der Waals surface area contributed by atoms with Crippen molar-refractivity contribution in [3.8, 4) is 5.75 Å². The van der Waals surface area contributed by atoms with Gasteiger partial charge >= 0.3 is 0 Å². The Kier molecular flexibility index (Phi) is 3.10. The number of hydrogen-bond acceptors (Lipinski definition) is 3. The molecule has 1 aromatic rings. The quantitative estimate of drug-likeness (QED) is 0.849. The van der Waals surface area contributed by atoms with Gasteiger partial charge in [0.1, 0.15) is 5.75 Å². The number of ether oxygens (including phenoxy) is 1. The molecule has 4 heteroatoms. The van der Waals surface area contributed by atoms with Crippen LogP contribution in [0, 0.1) is 5.41 Å². The zero-order valence-electron chi connectivity index (χ0n) is 9.24. The lowest BCUT2D eigenvalue weighted by Gasteiger charge is -2.22. The maximum atomic E-state index is 9.33. The Labute approximate surface area is 100 Å². The molecule has 1 unspecified atom stereocenters. The van der Waals surface area contributed by atoms with Crippen LogP contribution in [0.1, 0.15) is 24.4 Å². The first-order valence-electron chi connectivity index (χ1n) is 5.33. The zero-order chi connectivity index (χ0) is 11.8. The minimum Gasteiger partial charge on any atom is -0.497 e. The largest absolute Gasteiger partial charge is 0.497 e. The molecule has 0 saturated heterocycles. The minimum absolute atomic E-state index is 0.122. The number of hydrogen-bond donors (Lipinski definition) is 2. The Morgan fingerprint density at radius 3 is 2.69 bits per heavy atom. The molecule has 88 valence electrons. The maximum absolute atomic E-state index is 9.33. The first-order chi connectivity index (χ1) is 7.63. The third-order valence-corrected chi connectivity index (χ3v) is 3.74. The molecule has 3 N–H and O–H groups in total. The molecule has 0 aromatic heterocycles. The van der Waals surface area contributed by atoms with Crippen LogP contribution in [0.4, 0.5) is 0 Å². The van der Waals surface area contributed by atoms with Gasteiger partial charge in [-0.25, -0.2) is 0 Å². The maximum Gasteiger partial charge on any atom is 0.120 e. The average Bonchev–Trinajstić information content (AvgIpc) is 3.09. The van der Waals surface area contributed by atoms with Gasteiger partial charge in [0.25, 0.3) is 0 Å². The Hall–Kier alpha value is -0.770. The van der Waals surface area contributed by atoms with Crippen LogP contribution >= 0.6 is 11.6 Å². The summed E-state index contributed by atoms with van der Waals surface area (Å²) in [5.41, 5.74) is 6.88. The van der Waals surface area contributed by atoms with Gasteiger partial charge in [0.15, 0.2) is 0 Å². The number of halogens is 1. The standard InChI is InChI=1S/C12H16ClNO2/c1-16-8-2-3-9(10(13)6-8)11(14)12(7-15)4-5-12/h2-3,6,11,15H,4-5,7,14H2,1H3. The van der Waals surface area contributed by atoms with Crippen LogP contribution in [0.3, 0.4) is 0 Å². The van der Waals surface area contributed by atoms with Gasteiger partial charge < -0.3 is 15.6 Å². The summed E-state index contributed by atoms with van der Waals surface area (Å²) in [7, 11) is 1.60. The van der Waals surface area contributed by atoms with Crippen molar-refractivity contribution >= 4 is 11.6 Å². The Balaban J connectivity index is 2.27. The highest BCUT2D eigenvalue weighted by Crippen LogP contribution is 2.54. The van der Waals surface area contributed by atoms with Crippen LogP contribution in [0.5, 0.6) is 5.75 Å². The smallest absolute Gasteiger partial charge is 0.120 e. The number of benzene rings is 1. The van der Waals surface area contributed by atoms with Crippen LogP contribution < -0.4 is 10.5 Å². The third-order valence-electron chi connectivity index (χ3n) is 3.41. The fourth-order valence-corrected chi connectivity index (χ4v) is 2.23. The SMILES string of the molecule is COc1ccc(C(N)C2(CO)CC2)c(Cl)c1. The highest BCUT2D eigenvalue weighted by atomic mass is 35.5. The van der Waals surface area contributed by atoms with E-state index in [0.717, 1.165) is 24.2 Å². The topological polar surface area (TPSA) is 55.5 Å². The summed E-state index contributed by atoms with van der Waals surface area (Å²) in [6, 6.07) is 5.27. The van der Waals surface area contributed by atoms with Gasteiger partial charge in [-0.05, 0) is 30.5 Å². The van der Waals surface area contributed by atoms with E-state index in [4.69, 9.17) is 22.1 Å². The molecule has 0 radical (unpaired) electrons. The number of rotatable bonds is 4. The van der Waals surface area contributed by atoms with Crippen molar-refractivity contribution in [3.63, 3.8) is 0 Å². The van der Waals surface area contributed by atoms with E-state index >= 15 is 0 Å². The van der Waals surface area contributed by atoms with E-state index in [1.807, 2.05) is 12.1 Å². The van der Waals surface area contributed by atoms with Gasteiger partial charge in [0.05, 0.1) is 13.7 Å². The molecular weight excluding hydrogens is 226 g/mol. The van der Waals surface area contributed by atoms with Crippen molar-refractivity contribution in [2.45, 2.75) is 18.9 Å². The lowest BCUT2D eigenvalue weighted by Crippen LogP contribution is -2.26. The van der Waals surface area contributed by atoms with E-state index in [2.05, 4.69) is 0 Å². The van der Waals surface area contributed by atoms with Crippen LogP contribution in [0.15, 0.2) is 18.2 Å². The molecule has 2 rings (SSSR count). The Morgan fingerprint density at radius 2 is 2.25 bits per heavy atom. The monoisotopic (exact) mass is 241 g/mol. The molecule has 16 heavy (non-hydrogen) atoms. The molecule has 1 atom stereocenters. The van der Waals surface area contributed by atoms with E-state index < -0.39 is 0 Å². The van der Waals surface area contributed by atoms with Crippen molar-refractivity contribution in [1.82, 2.24) is 0 Å². The van der Waals surface area contributed by atoms with Crippen molar-refractivity contribution in [1.29, 1.82) is 0 Å². The van der Waals surface area contributed by atoms with Gasteiger partial charge in [-0.3, -0.25) is 0 Å². The lowest BCUT2D eigenvalue weighted by molar-refractivity contribution is 0.188. The molecule has 1 aliphatic carbocycles. The second kappa shape index (κ2) is 4.24. The highest BCUT2D eigenvalue weighted by Gasteiger charge is 2.48. The second-order valence-corrected chi connectivity index (χ2v) is 4.79. The number of aliphatic hydroxyl groups is 1. The summed E-state index contributed by atoms with van der Waals surface area (Å²) in [6.45, 7) is 0.122. The molecule has 0 amide bonds. The summed E-state index contributed by atoms with van der Waals surface area (Å²) >= 11 is 6.15. The highest BCUT2D eigenvalue weighted by molar-refractivity contribution is 6.31. The van der Waals surface area contributed by atoms with Crippen LogP contribution in [-0.2, 0) is 0 Å². The van der Waals surface area contributed by atoms with E-state index in [9.17, 15) is 5.11 Å². The number of aliphatic hydroxyl groups excluding tert-OH is 1. The molecule has 0 aliphatic heterocycles. The third kappa shape index (κ3) is 1.90. The molecule has 3 nitrogen and oxygen atoms in total. The molecule has 1 aromatic carbocycles. The number of nitrogens with two attached hydrogens (primary N) is 1. The Morgan fingerprint density at radius 1 is 1.56 bits per heavy atom. The van der Waals surface area contributed by atoms with Gasteiger partial charge in [0.2, 0.25) is 0 Å². The molecular formula is C12H16ClNO2. The van der Waals surface area contributed by atoms with Gasteiger partial charge in [-0.2, -0.15) is 0 Å². The summed E-state index contributed by atoms with van der Waals surface area (Å²) in [5.74, 6) is 0.717. The predicted octanol–water partition coefficient (Wildman–Crippen LogP) is 2.12. The zero-order valence-corrected chi connectivity index (χ0v) is 10.00. The lowest BCUT2D eigenvalue weighted by atomic mass is 9.91.